The maximum absolute atomic E-state index is 4.36. The Labute approximate surface area is 128 Å². The van der Waals surface area contributed by atoms with Crippen LogP contribution in [0, 0.1) is 0 Å². The Morgan fingerprint density at radius 2 is 2.20 bits per heavy atom. The summed E-state index contributed by atoms with van der Waals surface area (Å²) >= 11 is 3.66. The maximum Gasteiger partial charge on any atom is 0.127 e. The summed E-state index contributed by atoms with van der Waals surface area (Å²) in [6.07, 6.45) is 3.80. The Kier molecular flexibility index (Phi) is 4.83. The Morgan fingerprint density at radius 1 is 1.45 bits per heavy atom. The molecule has 0 bridgehead atoms. The van der Waals surface area contributed by atoms with Gasteiger partial charge in [-0.05, 0) is 31.7 Å². The van der Waals surface area contributed by atoms with Gasteiger partial charge in [-0.15, -0.1) is 0 Å². The number of nitrogens with one attached hydrogen (secondary N) is 1. The van der Waals surface area contributed by atoms with E-state index in [-0.39, 0.29) is 0 Å². The zero-order valence-electron chi connectivity index (χ0n) is 12.4. The lowest BCUT2D eigenvalue weighted by atomic mass is 10.1. The summed E-state index contributed by atoms with van der Waals surface area (Å²) in [6.45, 7) is 2.94. The lowest BCUT2D eigenvalue weighted by Gasteiger charge is -2.21. The molecule has 1 N–H and O–H groups in total. The van der Waals surface area contributed by atoms with Gasteiger partial charge in [-0.25, -0.2) is 4.98 Å². The van der Waals surface area contributed by atoms with E-state index < -0.39 is 0 Å². The fourth-order valence-corrected chi connectivity index (χ4v) is 2.82. The third-order valence-electron chi connectivity index (χ3n) is 3.62. The van der Waals surface area contributed by atoms with Crippen molar-refractivity contribution in [3.8, 4) is 0 Å². The number of imidazole rings is 1. The van der Waals surface area contributed by atoms with Gasteiger partial charge in [-0.3, -0.25) is 0 Å². The highest BCUT2D eigenvalue weighted by atomic mass is 79.9. The number of rotatable bonds is 5. The molecule has 0 aliphatic rings. The molecule has 108 valence electrons. The van der Waals surface area contributed by atoms with Crippen molar-refractivity contribution < 1.29 is 0 Å². The molecule has 2 rings (SSSR count). The van der Waals surface area contributed by atoms with Crippen LogP contribution in [0.4, 0.5) is 5.69 Å². The average molecular weight is 337 g/mol. The van der Waals surface area contributed by atoms with E-state index in [1.807, 2.05) is 31.1 Å². The fourth-order valence-electron chi connectivity index (χ4n) is 2.11. The van der Waals surface area contributed by atoms with Gasteiger partial charge in [-0.2, -0.15) is 0 Å². The Hall–Kier alpha value is -1.33. The Bertz CT molecular complexity index is 579. The fraction of sp³-hybridized carbons (Fsp3) is 0.400. The summed E-state index contributed by atoms with van der Waals surface area (Å²) in [7, 11) is 6.07. The van der Waals surface area contributed by atoms with E-state index in [9.17, 15) is 0 Å². The molecule has 1 aromatic heterocycles. The van der Waals surface area contributed by atoms with Crippen molar-refractivity contribution in [3.05, 3.63) is 46.5 Å². The molecule has 4 nitrogen and oxygen atoms in total. The summed E-state index contributed by atoms with van der Waals surface area (Å²) < 4.78 is 3.17. The van der Waals surface area contributed by atoms with Crippen molar-refractivity contribution in [2.75, 3.05) is 19.0 Å². The molecule has 0 saturated heterocycles. The molecule has 0 aliphatic heterocycles. The van der Waals surface area contributed by atoms with Crippen LogP contribution in [-0.2, 0) is 13.6 Å². The monoisotopic (exact) mass is 336 g/mol. The van der Waals surface area contributed by atoms with E-state index >= 15 is 0 Å². The number of anilines is 1. The molecule has 0 amide bonds. The molecule has 1 atom stereocenters. The van der Waals surface area contributed by atoms with Crippen LogP contribution in [0.25, 0.3) is 0 Å². The largest absolute Gasteiger partial charge is 0.367 e. The van der Waals surface area contributed by atoms with Crippen molar-refractivity contribution in [2.24, 2.45) is 7.05 Å². The first kappa shape index (κ1) is 15.1. The summed E-state index contributed by atoms with van der Waals surface area (Å²) in [5.74, 6) is 1.05. The second kappa shape index (κ2) is 6.41. The van der Waals surface area contributed by atoms with Crippen molar-refractivity contribution in [3.63, 3.8) is 0 Å². The molecule has 0 fully saturated rings. The van der Waals surface area contributed by atoms with Gasteiger partial charge >= 0.3 is 0 Å². The molecule has 1 unspecified atom stereocenters. The summed E-state index contributed by atoms with van der Waals surface area (Å²) in [5.41, 5.74) is 2.44. The Balaban J connectivity index is 2.17. The third kappa shape index (κ3) is 3.22. The number of aromatic nitrogens is 2. The van der Waals surface area contributed by atoms with Gasteiger partial charge < -0.3 is 14.8 Å². The van der Waals surface area contributed by atoms with Crippen LogP contribution in [0.3, 0.4) is 0 Å². The number of nitrogens with zero attached hydrogens (tertiary/aromatic N) is 3. The lowest BCUT2D eigenvalue weighted by molar-refractivity contribution is 0.649. The number of benzene rings is 1. The normalized spacial score (nSPS) is 12.4. The first-order valence-corrected chi connectivity index (χ1v) is 7.46. The van der Waals surface area contributed by atoms with Crippen LogP contribution in [-0.4, -0.2) is 23.6 Å². The molecular weight excluding hydrogens is 316 g/mol. The molecule has 20 heavy (non-hydrogen) atoms. The van der Waals surface area contributed by atoms with Crippen LogP contribution in [0.1, 0.15) is 24.4 Å². The first-order chi connectivity index (χ1) is 9.52. The number of hydrogen-bond donors (Lipinski definition) is 1. The maximum atomic E-state index is 4.36. The van der Waals surface area contributed by atoms with Gasteiger partial charge in [0.15, 0.2) is 0 Å². The minimum absolute atomic E-state index is 0.332. The second-order valence-corrected chi connectivity index (χ2v) is 5.88. The second-order valence-electron chi connectivity index (χ2n) is 5.03. The molecular formula is C15H21BrN4. The molecule has 1 heterocycles. The van der Waals surface area contributed by atoms with Gasteiger partial charge in [-0.1, -0.05) is 22.0 Å². The Morgan fingerprint density at radius 3 is 2.75 bits per heavy atom. The molecule has 1 aromatic carbocycles. The van der Waals surface area contributed by atoms with Crippen molar-refractivity contribution in [2.45, 2.75) is 19.5 Å². The standard InChI is InChI=1S/C15H21BrN4/c1-11(17-2)13-6-5-12(9-14(13)16)20(4)10-15-18-7-8-19(15)3/h5-9,11,17H,10H2,1-4H3. The molecule has 2 aromatic rings. The summed E-state index contributed by atoms with van der Waals surface area (Å²) in [5, 5.41) is 3.26. The van der Waals surface area contributed by atoms with Crippen molar-refractivity contribution in [1.82, 2.24) is 14.9 Å². The molecule has 0 aliphatic carbocycles. The number of aryl methyl sites for hydroxylation is 1. The van der Waals surface area contributed by atoms with E-state index in [4.69, 9.17) is 0 Å². The van der Waals surface area contributed by atoms with Crippen LogP contribution in [0.5, 0.6) is 0 Å². The molecule has 0 saturated carbocycles. The van der Waals surface area contributed by atoms with Gasteiger partial charge in [0.1, 0.15) is 5.82 Å². The molecule has 0 spiro atoms. The van der Waals surface area contributed by atoms with Crippen LogP contribution in [0.15, 0.2) is 35.1 Å². The van der Waals surface area contributed by atoms with Crippen LogP contribution < -0.4 is 10.2 Å². The van der Waals surface area contributed by atoms with E-state index in [1.54, 1.807) is 0 Å². The highest BCUT2D eigenvalue weighted by molar-refractivity contribution is 9.10. The minimum atomic E-state index is 0.332. The molecule has 5 heteroatoms. The van der Waals surface area contributed by atoms with E-state index in [0.717, 1.165) is 16.8 Å². The zero-order valence-corrected chi connectivity index (χ0v) is 14.0. The van der Waals surface area contributed by atoms with Crippen LogP contribution >= 0.6 is 15.9 Å². The highest BCUT2D eigenvalue weighted by Gasteiger charge is 2.11. The number of hydrogen-bond acceptors (Lipinski definition) is 3. The predicted octanol–water partition coefficient (Wildman–Crippen LogP) is 3.10. The van der Waals surface area contributed by atoms with Gasteiger partial charge in [0, 0.05) is 42.7 Å². The SMILES string of the molecule is CNC(C)c1ccc(N(C)Cc2nccn2C)cc1Br. The smallest absolute Gasteiger partial charge is 0.127 e. The van der Waals surface area contributed by atoms with Gasteiger partial charge in [0.05, 0.1) is 6.54 Å². The zero-order chi connectivity index (χ0) is 14.7. The summed E-state index contributed by atoms with van der Waals surface area (Å²) in [6, 6.07) is 6.80. The van der Waals surface area contributed by atoms with E-state index in [0.29, 0.717) is 6.04 Å². The predicted molar refractivity (Wildman–Crippen MR) is 86.9 cm³/mol. The van der Waals surface area contributed by atoms with E-state index in [1.165, 1.54) is 11.3 Å². The average Bonchev–Trinajstić information content (AvgIpc) is 2.83. The van der Waals surface area contributed by atoms with Crippen molar-refractivity contribution >= 4 is 21.6 Å². The van der Waals surface area contributed by atoms with Crippen molar-refractivity contribution in [1.29, 1.82) is 0 Å². The van der Waals surface area contributed by atoms with Crippen LogP contribution in [0.2, 0.25) is 0 Å². The summed E-state index contributed by atoms with van der Waals surface area (Å²) in [4.78, 5) is 6.56. The lowest BCUT2D eigenvalue weighted by Crippen LogP contribution is -2.19. The topological polar surface area (TPSA) is 33.1 Å². The minimum Gasteiger partial charge on any atom is -0.367 e. The van der Waals surface area contributed by atoms with E-state index in [2.05, 4.69) is 63.3 Å². The number of halogens is 1. The van der Waals surface area contributed by atoms with Gasteiger partial charge in [0.25, 0.3) is 0 Å². The quantitative estimate of drug-likeness (QED) is 0.910. The first-order valence-electron chi connectivity index (χ1n) is 6.67. The highest BCUT2D eigenvalue weighted by Crippen LogP contribution is 2.28. The molecule has 0 radical (unpaired) electrons. The third-order valence-corrected chi connectivity index (χ3v) is 4.31. The van der Waals surface area contributed by atoms with Gasteiger partial charge in [0.2, 0.25) is 0 Å².